The summed E-state index contributed by atoms with van der Waals surface area (Å²) in [5.74, 6) is 0.424. The Morgan fingerprint density at radius 1 is 1.06 bits per heavy atom. The van der Waals surface area contributed by atoms with Crippen molar-refractivity contribution < 1.29 is 27.4 Å². The number of ether oxygens (including phenoxy) is 2. The number of carbonyl (C=O) groups is 1. The zero-order valence-corrected chi connectivity index (χ0v) is 19.1. The first-order valence-electron chi connectivity index (χ1n) is 9.94. The molecule has 0 aliphatic heterocycles. The molecule has 0 atom stereocenters. The molecule has 0 aliphatic rings. The van der Waals surface area contributed by atoms with Crippen molar-refractivity contribution in [2.45, 2.75) is 13.1 Å². The second-order valence-corrected chi connectivity index (χ2v) is 8.00. The lowest BCUT2D eigenvalue weighted by atomic mass is 10.1. The second kappa shape index (κ2) is 9.18. The van der Waals surface area contributed by atoms with Gasteiger partial charge in [-0.15, -0.1) is 11.3 Å². The molecule has 0 fully saturated rings. The number of alkyl halides is 3. The standard InChI is InChI=1S/C23H19F3N4O3S/c1-13-10-20(28-21(31)15-6-4-5-7-16(15)23(24,25)26)30(29-13)22-27-17(12-34-22)14-8-9-18(32-2)19(11-14)33-3/h4-12H,1-3H3,(H,28,31). The number of nitrogens with zero attached hydrogens (tertiary/aromatic N) is 3. The van der Waals surface area contributed by atoms with Crippen molar-refractivity contribution >= 4 is 23.1 Å². The maximum atomic E-state index is 13.3. The molecule has 7 nitrogen and oxygen atoms in total. The van der Waals surface area contributed by atoms with E-state index in [-0.39, 0.29) is 5.82 Å². The molecular formula is C23H19F3N4O3S. The summed E-state index contributed by atoms with van der Waals surface area (Å²) in [5.41, 5.74) is 0.468. The average Bonchev–Trinajstić information content (AvgIpc) is 3.44. The number of anilines is 1. The third-order valence-electron chi connectivity index (χ3n) is 4.90. The fraction of sp³-hybridized carbons (Fsp3) is 0.174. The lowest BCUT2D eigenvalue weighted by molar-refractivity contribution is -0.137. The van der Waals surface area contributed by atoms with Crippen molar-refractivity contribution in [1.82, 2.24) is 14.8 Å². The van der Waals surface area contributed by atoms with Gasteiger partial charge in [0.25, 0.3) is 5.91 Å². The molecule has 4 aromatic rings. The maximum absolute atomic E-state index is 13.3. The molecule has 2 aromatic carbocycles. The molecule has 0 aliphatic carbocycles. The summed E-state index contributed by atoms with van der Waals surface area (Å²) in [5, 5.41) is 9.11. The number of aryl methyl sites for hydroxylation is 1. The largest absolute Gasteiger partial charge is 0.493 e. The molecule has 176 valence electrons. The fourth-order valence-corrected chi connectivity index (χ4v) is 4.13. The van der Waals surface area contributed by atoms with Crippen LogP contribution < -0.4 is 14.8 Å². The summed E-state index contributed by atoms with van der Waals surface area (Å²) in [4.78, 5) is 17.3. The molecule has 0 unspecified atom stereocenters. The molecule has 11 heteroatoms. The monoisotopic (exact) mass is 488 g/mol. The zero-order chi connectivity index (χ0) is 24.5. The number of nitrogens with one attached hydrogen (secondary N) is 1. The van der Waals surface area contributed by atoms with Gasteiger partial charge >= 0.3 is 6.18 Å². The van der Waals surface area contributed by atoms with Gasteiger partial charge in [-0.3, -0.25) is 4.79 Å². The van der Waals surface area contributed by atoms with E-state index in [0.717, 1.165) is 17.7 Å². The summed E-state index contributed by atoms with van der Waals surface area (Å²) in [7, 11) is 3.08. The van der Waals surface area contributed by atoms with Crippen molar-refractivity contribution in [2.75, 3.05) is 19.5 Å². The van der Waals surface area contributed by atoms with E-state index in [0.29, 0.717) is 28.0 Å². The van der Waals surface area contributed by atoms with Gasteiger partial charge in [-0.05, 0) is 37.3 Å². The molecule has 0 saturated carbocycles. The Morgan fingerprint density at radius 3 is 2.50 bits per heavy atom. The Bertz CT molecular complexity index is 1350. The molecule has 0 bridgehead atoms. The highest BCUT2D eigenvalue weighted by molar-refractivity contribution is 7.12. The molecule has 0 saturated heterocycles. The van der Waals surface area contributed by atoms with Crippen LogP contribution in [0.15, 0.2) is 53.9 Å². The minimum absolute atomic E-state index is 0.202. The highest BCUT2D eigenvalue weighted by atomic mass is 32.1. The van der Waals surface area contributed by atoms with Crippen molar-refractivity contribution in [3.8, 4) is 27.9 Å². The number of aromatic nitrogens is 3. The Balaban J connectivity index is 1.65. The Kier molecular flexibility index (Phi) is 6.29. The number of hydrogen-bond donors (Lipinski definition) is 1. The van der Waals surface area contributed by atoms with Crippen LogP contribution in [0, 0.1) is 6.92 Å². The molecule has 0 spiro atoms. The van der Waals surface area contributed by atoms with Crippen molar-refractivity contribution in [3.63, 3.8) is 0 Å². The van der Waals surface area contributed by atoms with Gasteiger partial charge in [0.05, 0.1) is 36.7 Å². The minimum Gasteiger partial charge on any atom is -0.493 e. The molecule has 0 radical (unpaired) electrons. The summed E-state index contributed by atoms with van der Waals surface area (Å²) in [6, 6.07) is 11.5. The second-order valence-electron chi connectivity index (χ2n) is 7.17. The van der Waals surface area contributed by atoms with Gasteiger partial charge < -0.3 is 14.8 Å². The van der Waals surface area contributed by atoms with Crippen molar-refractivity contribution in [1.29, 1.82) is 0 Å². The topological polar surface area (TPSA) is 78.3 Å². The average molecular weight is 488 g/mol. The molecule has 2 aromatic heterocycles. The van der Waals surface area contributed by atoms with E-state index in [9.17, 15) is 18.0 Å². The zero-order valence-electron chi connectivity index (χ0n) is 18.3. The maximum Gasteiger partial charge on any atom is 0.417 e. The van der Waals surface area contributed by atoms with Gasteiger partial charge in [-0.1, -0.05) is 12.1 Å². The van der Waals surface area contributed by atoms with E-state index in [1.807, 2.05) is 6.07 Å². The number of methoxy groups -OCH3 is 2. The molecular weight excluding hydrogens is 469 g/mol. The highest BCUT2D eigenvalue weighted by Crippen LogP contribution is 2.34. The van der Waals surface area contributed by atoms with Crippen LogP contribution in [0.5, 0.6) is 11.5 Å². The molecule has 2 heterocycles. The van der Waals surface area contributed by atoms with Crippen LogP contribution in [0.4, 0.5) is 19.0 Å². The van der Waals surface area contributed by atoms with E-state index in [1.54, 1.807) is 37.6 Å². The van der Waals surface area contributed by atoms with E-state index < -0.39 is 23.2 Å². The summed E-state index contributed by atoms with van der Waals surface area (Å²) in [6.07, 6.45) is -4.66. The van der Waals surface area contributed by atoms with Crippen LogP contribution in [0.1, 0.15) is 21.6 Å². The van der Waals surface area contributed by atoms with Crippen LogP contribution in [0.3, 0.4) is 0 Å². The number of halogens is 3. The van der Waals surface area contributed by atoms with Crippen molar-refractivity contribution in [3.05, 3.63) is 70.7 Å². The van der Waals surface area contributed by atoms with Crippen LogP contribution in [-0.2, 0) is 6.18 Å². The summed E-state index contributed by atoms with van der Waals surface area (Å²) in [6.45, 7) is 1.71. The van der Waals surface area contributed by atoms with E-state index >= 15 is 0 Å². The normalized spacial score (nSPS) is 11.4. The predicted molar refractivity (Wildman–Crippen MR) is 122 cm³/mol. The number of amides is 1. The Morgan fingerprint density at radius 2 is 1.79 bits per heavy atom. The van der Waals surface area contributed by atoms with Crippen LogP contribution in [0.25, 0.3) is 16.4 Å². The predicted octanol–water partition coefficient (Wildman–Crippen LogP) is 5.59. The van der Waals surface area contributed by atoms with Crippen LogP contribution >= 0.6 is 11.3 Å². The number of benzene rings is 2. The molecule has 1 amide bonds. The smallest absolute Gasteiger partial charge is 0.417 e. The van der Waals surface area contributed by atoms with Crippen LogP contribution in [0.2, 0.25) is 0 Å². The molecule has 34 heavy (non-hydrogen) atoms. The Labute approximate surface area is 196 Å². The van der Waals surface area contributed by atoms with Crippen LogP contribution in [-0.4, -0.2) is 34.9 Å². The third-order valence-corrected chi connectivity index (χ3v) is 5.72. The van der Waals surface area contributed by atoms with Gasteiger partial charge in [0.1, 0.15) is 5.82 Å². The van der Waals surface area contributed by atoms with Gasteiger partial charge in [-0.2, -0.15) is 23.0 Å². The first kappa shape index (κ1) is 23.3. The van der Waals surface area contributed by atoms with Crippen molar-refractivity contribution in [2.24, 2.45) is 0 Å². The van der Waals surface area contributed by atoms with Gasteiger partial charge in [0.2, 0.25) is 5.13 Å². The van der Waals surface area contributed by atoms with E-state index in [1.165, 1.54) is 35.3 Å². The highest BCUT2D eigenvalue weighted by Gasteiger charge is 2.35. The van der Waals surface area contributed by atoms with E-state index in [4.69, 9.17) is 9.47 Å². The number of thiazole rings is 1. The molecule has 4 rings (SSSR count). The number of carbonyl (C=O) groups excluding carboxylic acids is 1. The third kappa shape index (κ3) is 4.60. The quantitative estimate of drug-likeness (QED) is 0.383. The summed E-state index contributed by atoms with van der Waals surface area (Å²) >= 11 is 1.26. The molecule has 1 N–H and O–H groups in total. The number of rotatable bonds is 6. The minimum atomic E-state index is -4.66. The SMILES string of the molecule is COc1ccc(-c2csc(-n3nc(C)cc3NC(=O)c3ccccc3C(F)(F)F)n2)cc1OC. The first-order chi connectivity index (χ1) is 16.2. The summed E-state index contributed by atoms with van der Waals surface area (Å²) < 4.78 is 52.0. The lowest BCUT2D eigenvalue weighted by Crippen LogP contribution is -2.20. The fourth-order valence-electron chi connectivity index (χ4n) is 3.34. The van der Waals surface area contributed by atoms with Gasteiger partial charge in [0, 0.05) is 17.0 Å². The van der Waals surface area contributed by atoms with Gasteiger partial charge in [-0.25, -0.2) is 4.98 Å². The number of hydrogen-bond acceptors (Lipinski definition) is 6. The van der Waals surface area contributed by atoms with E-state index in [2.05, 4.69) is 15.4 Å². The Hall–Kier alpha value is -3.86. The van der Waals surface area contributed by atoms with Gasteiger partial charge in [0.15, 0.2) is 11.5 Å². The lowest BCUT2D eigenvalue weighted by Gasteiger charge is -2.12. The first-order valence-corrected chi connectivity index (χ1v) is 10.8.